The van der Waals surface area contributed by atoms with Crippen LogP contribution in [0.5, 0.6) is 5.75 Å². The summed E-state index contributed by atoms with van der Waals surface area (Å²) in [7, 11) is 0. The highest BCUT2D eigenvalue weighted by Gasteiger charge is 1.95. The van der Waals surface area contributed by atoms with E-state index in [-0.39, 0.29) is 12.4 Å². The van der Waals surface area contributed by atoms with Crippen LogP contribution >= 0.6 is 0 Å². The Hall–Kier alpha value is -1.51. The summed E-state index contributed by atoms with van der Waals surface area (Å²) in [6.07, 6.45) is 0.983. The van der Waals surface area contributed by atoms with Gasteiger partial charge in [0.25, 0.3) is 0 Å². The predicted molar refractivity (Wildman–Crippen MR) is 53.2 cm³/mol. The maximum Gasteiger partial charge on any atom is 0.145 e. The van der Waals surface area contributed by atoms with Gasteiger partial charge in [0.2, 0.25) is 0 Å². The van der Waals surface area contributed by atoms with E-state index >= 15 is 0 Å². The van der Waals surface area contributed by atoms with E-state index in [0.29, 0.717) is 0 Å². The highest BCUT2D eigenvalue weighted by atomic mass is 16.5. The SMILES string of the molecule is CCc1cccc(OCC(=N)N)c1. The van der Waals surface area contributed by atoms with Gasteiger partial charge in [0, 0.05) is 0 Å². The highest BCUT2D eigenvalue weighted by molar-refractivity contribution is 5.78. The number of nitrogens with one attached hydrogen (secondary N) is 1. The number of benzene rings is 1. The van der Waals surface area contributed by atoms with Gasteiger partial charge in [-0.25, -0.2) is 0 Å². The van der Waals surface area contributed by atoms with E-state index in [0.717, 1.165) is 12.2 Å². The number of nitrogens with two attached hydrogens (primary N) is 1. The molecule has 0 atom stereocenters. The van der Waals surface area contributed by atoms with Crippen LogP contribution in [0.4, 0.5) is 0 Å². The summed E-state index contributed by atoms with van der Waals surface area (Å²) < 4.78 is 5.26. The summed E-state index contributed by atoms with van der Waals surface area (Å²) in [5.41, 5.74) is 6.39. The van der Waals surface area contributed by atoms with E-state index in [4.69, 9.17) is 15.9 Å². The lowest BCUT2D eigenvalue weighted by molar-refractivity contribution is 0.374. The maximum absolute atomic E-state index is 6.99. The molecule has 0 spiro atoms. The quantitative estimate of drug-likeness (QED) is 0.543. The average molecular weight is 178 g/mol. The lowest BCUT2D eigenvalue weighted by Crippen LogP contribution is -2.19. The summed E-state index contributed by atoms with van der Waals surface area (Å²) >= 11 is 0. The summed E-state index contributed by atoms with van der Waals surface area (Å²) in [4.78, 5) is 0. The van der Waals surface area contributed by atoms with Crippen molar-refractivity contribution in [2.24, 2.45) is 5.73 Å². The number of amidine groups is 1. The summed E-state index contributed by atoms with van der Waals surface area (Å²) in [6, 6.07) is 7.81. The molecular formula is C10H14N2O. The predicted octanol–water partition coefficient (Wildman–Crippen LogP) is 1.56. The molecule has 0 heterocycles. The Balaban J connectivity index is 2.61. The van der Waals surface area contributed by atoms with E-state index in [1.165, 1.54) is 5.56 Å². The minimum atomic E-state index is 0.0434. The average Bonchev–Trinajstić information content (AvgIpc) is 2.15. The smallest absolute Gasteiger partial charge is 0.145 e. The lowest BCUT2D eigenvalue weighted by Gasteiger charge is -2.05. The van der Waals surface area contributed by atoms with E-state index in [1.807, 2.05) is 24.3 Å². The third kappa shape index (κ3) is 3.15. The summed E-state index contributed by atoms with van der Waals surface area (Å²) in [6.45, 7) is 2.25. The summed E-state index contributed by atoms with van der Waals surface area (Å²) in [5, 5.41) is 6.99. The van der Waals surface area contributed by atoms with Gasteiger partial charge >= 0.3 is 0 Å². The monoisotopic (exact) mass is 178 g/mol. The van der Waals surface area contributed by atoms with Gasteiger partial charge in [-0.15, -0.1) is 0 Å². The fourth-order valence-corrected chi connectivity index (χ4v) is 1.02. The molecular weight excluding hydrogens is 164 g/mol. The molecule has 0 radical (unpaired) electrons. The molecule has 0 aliphatic rings. The molecule has 0 unspecified atom stereocenters. The molecule has 13 heavy (non-hydrogen) atoms. The van der Waals surface area contributed by atoms with Crippen molar-refractivity contribution in [3.63, 3.8) is 0 Å². The number of hydrogen-bond donors (Lipinski definition) is 2. The van der Waals surface area contributed by atoms with Gasteiger partial charge < -0.3 is 10.5 Å². The van der Waals surface area contributed by atoms with E-state index in [2.05, 4.69) is 6.92 Å². The second kappa shape index (κ2) is 4.50. The minimum Gasteiger partial charge on any atom is -0.486 e. The molecule has 1 rings (SSSR count). The standard InChI is InChI=1S/C10H14N2O/c1-2-8-4-3-5-9(6-8)13-7-10(11)12/h3-6H,2,7H2,1H3,(H3,11,12). The zero-order valence-corrected chi connectivity index (χ0v) is 7.71. The Morgan fingerprint density at radius 2 is 2.31 bits per heavy atom. The van der Waals surface area contributed by atoms with Crippen LogP contribution in [-0.2, 0) is 6.42 Å². The van der Waals surface area contributed by atoms with Crippen LogP contribution in [-0.4, -0.2) is 12.4 Å². The molecule has 0 aliphatic carbocycles. The third-order valence-corrected chi connectivity index (χ3v) is 1.70. The Morgan fingerprint density at radius 3 is 2.92 bits per heavy atom. The van der Waals surface area contributed by atoms with Crippen LogP contribution in [0.15, 0.2) is 24.3 Å². The van der Waals surface area contributed by atoms with Gasteiger partial charge in [-0.3, -0.25) is 5.41 Å². The van der Waals surface area contributed by atoms with Gasteiger partial charge in [0.05, 0.1) is 0 Å². The molecule has 0 saturated carbocycles. The fraction of sp³-hybridized carbons (Fsp3) is 0.300. The molecule has 0 amide bonds. The molecule has 3 heteroatoms. The molecule has 0 aliphatic heterocycles. The van der Waals surface area contributed by atoms with Gasteiger partial charge in [-0.2, -0.15) is 0 Å². The van der Waals surface area contributed by atoms with Crippen LogP contribution in [0.3, 0.4) is 0 Å². The first kappa shape index (κ1) is 9.58. The van der Waals surface area contributed by atoms with Crippen molar-refractivity contribution in [2.75, 3.05) is 6.61 Å². The number of rotatable bonds is 4. The molecule has 1 aromatic carbocycles. The van der Waals surface area contributed by atoms with Crippen molar-refractivity contribution in [1.82, 2.24) is 0 Å². The minimum absolute atomic E-state index is 0.0434. The molecule has 70 valence electrons. The Morgan fingerprint density at radius 1 is 1.54 bits per heavy atom. The van der Waals surface area contributed by atoms with E-state index < -0.39 is 0 Å². The normalized spacial score (nSPS) is 9.62. The van der Waals surface area contributed by atoms with Crippen LogP contribution in [0.1, 0.15) is 12.5 Å². The summed E-state index contributed by atoms with van der Waals surface area (Å²) in [5.74, 6) is 0.816. The highest BCUT2D eigenvalue weighted by Crippen LogP contribution is 2.13. The molecule has 0 saturated heterocycles. The zero-order chi connectivity index (χ0) is 9.68. The van der Waals surface area contributed by atoms with Gasteiger partial charge in [0.15, 0.2) is 0 Å². The van der Waals surface area contributed by atoms with Crippen molar-refractivity contribution in [3.05, 3.63) is 29.8 Å². The Bertz CT molecular complexity index is 297. The number of hydrogen-bond acceptors (Lipinski definition) is 2. The maximum atomic E-state index is 6.99. The molecule has 0 bridgehead atoms. The fourth-order valence-electron chi connectivity index (χ4n) is 1.02. The second-order valence-corrected chi connectivity index (χ2v) is 2.81. The Labute approximate surface area is 78.0 Å². The van der Waals surface area contributed by atoms with Crippen LogP contribution in [0, 0.1) is 5.41 Å². The Kier molecular flexibility index (Phi) is 3.31. The van der Waals surface area contributed by atoms with E-state index in [1.54, 1.807) is 0 Å². The molecule has 0 aromatic heterocycles. The first-order chi connectivity index (χ1) is 6.22. The lowest BCUT2D eigenvalue weighted by atomic mass is 10.2. The van der Waals surface area contributed by atoms with Crippen molar-refractivity contribution < 1.29 is 4.74 Å². The first-order valence-corrected chi connectivity index (χ1v) is 4.27. The second-order valence-electron chi connectivity index (χ2n) is 2.81. The van der Waals surface area contributed by atoms with Crippen LogP contribution < -0.4 is 10.5 Å². The van der Waals surface area contributed by atoms with Gasteiger partial charge in [-0.1, -0.05) is 19.1 Å². The van der Waals surface area contributed by atoms with Crippen molar-refractivity contribution in [1.29, 1.82) is 5.41 Å². The van der Waals surface area contributed by atoms with Crippen LogP contribution in [0.25, 0.3) is 0 Å². The molecule has 1 aromatic rings. The molecule has 3 nitrogen and oxygen atoms in total. The van der Waals surface area contributed by atoms with Gasteiger partial charge in [0.1, 0.15) is 18.2 Å². The van der Waals surface area contributed by atoms with E-state index in [9.17, 15) is 0 Å². The van der Waals surface area contributed by atoms with Crippen molar-refractivity contribution in [2.45, 2.75) is 13.3 Å². The van der Waals surface area contributed by atoms with Crippen LogP contribution in [0.2, 0.25) is 0 Å². The largest absolute Gasteiger partial charge is 0.486 e. The number of ether oxygens (including phenoxy) is 1. The topological polar surface area (TPSA) is 59.1 Å². The molecule has 3 N–H and O–H groups in total. The van der Waals surface area contributed by atoms with Gasteiger partial charge in [-0.05, 0) is 24.1 Å². The van der Waals surface area contributed by atoms with Crippen molar-refractivity contribution in [3.8, 4) is 5.75 Å². The number of aryl methyl sites for hydroxylation is 1. The first-order valence-electron chi connectivity index (χ1n) is 4.27. The molecule has 0 fully saturated rings. The zero-order valence-electron chi connectivity index (χ0n) is 7.71. The third-order valence-electron chi connectivity index (χ3n) is 1.70. The van der Waals surface area contributed by atoms with Crippen molar-refractivity contribution >= 4 is 5.84 Å².